The number of nitrogens with zero attached hydrogens (tertiary/aromatic N) is 7. The standard InChI is InChI=1S/C27H28Cl2FN7/c1-17-4-3-9-37(17)27-33-24(20-5-6-23(30)21(28)13-20)14-25(34-27)36-11-10-35(16-18(36)2)26-22(29)12-19(7-8-31)15-32-26/h5-6,12-15,17-18H,3-4,7,9-11,16H2,1-2H3. The maximum Gasteiger partial charge on any atom is 0.228 e. The van der Waals surface area contributed by atoms with E-state index in [1.807, 2.05) is 12.1 Å². The van der Waals surface area contributed by atoms with E-state index in [2.05, 4.69) is 39.6 Å². The van der Waals surface area contributed by atoms with Gasteiger partial charge in [0.1, 0.15) is 17.5 Å². The quantitative estimate of drug-likeness (QED) is 0.408. The predicted octanol–water partition coefficient (Wildman–Crippen LogP) is 5.75. The van der Waals surface area contributed by atoms with Gasteiger partial charge in [0.05, 0.1) is 28.2 Å². The summed E-state index contributed by atoms with van der Waals surface area (Å²) in [5, 5.41) is 9.57. The number of benzene rings is 1. The van der Waals surface area contributed by atoms with Crippen LogP contribution in [0, 0.1) is 17.1 Å². The fraction of sp³-hybridized carbons (Fsp3) is 0.407. The van der Waals surface area contributed by atoms with Crippen LogP contribution in [0.4, 0.5) is 22.0 Å². The number of nitriles is 1. The van der Waals surface area contributed by atoms with Crippen molar-refractivity contribution in [3.05, 3.63) is 58.0 Å². The molecule has 10 heteroatoms. The Labute approximate surface area is 226 Å². The third-order valence-electron chi connectivity index (χ3n) is 7.11. The number of piperazine rings is 1. The van der Waals surface area contributed by atoms with Gasteiger partial charge in [-0.1, -0.05) is 23.2 Å². The molecule has 37 heavy (non-hydrogen) atoms. The van der Waals surface area contributed by atoms with Crippen LogP contribution in [0.25, 0.3) is 11.3 Å². The molecule has 0 amide bonds. The maximum absolute atomic E-state index is 13.9. The molecule has 2 aromatic heterocycles. The molecular formula is C27H28Cl2FN7. The summed E-state index contributed by atoms with van der Waals surface area (Å²) in [6.07, 6.45) is 4.20. The molecular weight excluding hydrogens is 512 g/mol. The van der Waals surface area contributed by atoms with Crippen molar-refractivity contribution < 1.29 is 4.39 Å². The molecule has 2 fully saturated rings. The molecule has 5 rings (SSSR count). The molecule has 0 radical (unpaired) electrons. The summed E-state index contributed by atoms with van der Waals surface area (Å²) in [5.74, 6) is 1.79. The first kappa shape index (κ1) is 25.5. The lowest BCUT2D eigenvalue weighted by molar-refractivity contribution is 0.542. The summed E-state index contributed by atoms with van der Waals surface area (Å²) in [6, 6.07) is 11.1. The Hall–Kier alpha value is -3.15. The second-order valence-electron chi connectivity index (χ2n) is 9.70. The minimum absolute atomic E-state index is 0.0703. The van der Waals surface area contributed by atoms with E-state index in [4.69, 9.17) is 38.4 Å². The van der Waals surface area contributed by atoms with Crippen molar-refractivity contribution in [3.63, 3.8) is 0 Å². The maximum atomic E-state index is 13.9. The molecule has 2 unspecified atom stereocenters. The van der Waals surface area contributed by atoms with Gasteiger partial charge in [0, 0.05) is 56.1 Å². The molecule has 1 aromatic carbocycles. The number of pyridine rings is 1. The lowest BCUT2D eigenvalue weighted by atomic mass is 10.1. The molecule has 2 aliphatic heterocycles. The van der Waals surface area contributed by atoms with E-state index < -0.39 is 5.82 Å². The Kier molecular flexibility index (Phi) is 7.36. The topological polar surface area (TPSA) is 72.2 Å². The van der Waals surface area contributed by atoms with Crippen molar-refractivity contribution >= 4 is 40.8 Å². The number of hydrogen-bond donors (Lipinski definition) is 0. The third-order valence-corrected chi connectivity index (χ3v) is 7.68. The fourth-order valence-electron chi connectivity index (χ4n) is 5.11. The van der Waals surface area contributed by atoms with Gasteiger partial charge in [-0.2, -0.15) is 10.2 Å². The first-order chi connectivity index (χ1) is 17.8. The van der Waals surface area contributed by atoms with Gasteiger partial charge in [0.2, 0.25) is 5.95 Å². The second kappa shape index (κ2) is 10.7. The molecule has 0 saturated carbocycles. The van der Waals surface area contributed by atoms with Crippen molar-refractivity contribution in [1.82, 2.24) is 15.0 Å². The Bertz CT molecular complexity index is 1340. The van der Waals surface area contributed by atoms with E-state index in [9.17, 15) is 4.39 Å². The second-order valence-corrected chi connectivity index (χ2v) is 10.5. The van der Waals surface area contributed by atoms with E-state index in [1.165, 1.54) is 6.07 Å². The first-order valence-corrected chi connectivity index (χ1v) is 13.2. The Morgan fingerprint density at radius 2 is 1.86 bits per heavy atom. The zero-order valence-corrected chi connectivity index (χ0v) is 22.3. The monoisotopic (exact) mass is 539 g/mol. The molecule has 3 aromatic rings. The van der Waals surface area contributed by atoms with Crippen molar-refractivity contribution in [2.45, 2.75) is 45.2 Å². The molecule has 0 N–H and O–H groups in total. The van der Waals surface area contributed by atoms with Gasteiger partial charge in [0.25, 0.3) is 0 Å². The van der Waals surface area contributed by atoms with Crippen LogP contribution in [0.5, 0.6) is 0 Å². The van der Waals surface area contributed by atoms with Crippen LogP contribution < -0.4 is 14.7 Å². The highest BCUT2D eigenvalue weighted by Crippen LogP contribution is 2.33. The summed E-state index contributed by atoms with van der Waals surface area (Å²) in [7, 11) is 0. The van der Waals surface area contributed by atoms with Crippen LogP contribution in [0.1, 0.15) is 32.3 Å². The average Bonchev–Trinajstić information content (AvgIpc) is 3.31. The summed E-state index contributed by atoms with van der Waals surface area (Å²) in [4.78, 5) is 21.1. The SMILES string of the molecule is CC1CN(c2ncc(CC#N)cc2Cl)CCN1c1cc(-c2ccc(F)c(Cl)c2)nc(N2CCCC2C)n1. The highest BCUT2D eigenvalue weighted by Gasteiger charge is 2.29. The van der Waals surface area contributed by atoms with E-state index in [1.54, 1.807) is 18.3 Å². The molecule has 192 valence electrons. The minimum atomic E-state index is -0.453. The van der Waals surface area contributed by atoms with Gasteiger partial charge in [-0.15, -0.1) is 0 Å². The first-order valence-electron chi connectivity index (χ1n) is 12.5. The highest BCUT2D eigenvalue weighted by molar-refractivity contribution is 6.33. The largest absolute Gasteiger partial charge is 0.352 e. The summed E-state index contributed by atoms with van der Waals surface area (Å²) in [5.41, 5.74) is 2.28. The Balaban J connectivity index is 1.45. The van der Waals surface area contributed by atoms with Crippen LogP contribution in [-0.4, -0.2) is 53.2 Å². The molecule has 2 saturated heterocycles. The van der Waals surface area contributed by atoms with E-state index >= 15 is 0 Å². The fourth-order valence-corrected chi connectivity index (χ4v) is 5.60. The number of anilines is 3. The van der Waals surface area contributed by atoms with Gasteiger partial charge < -0.3 is 14.7 Å². The average molecular weight is 540 g/mol. The van der Waals surface area contributed by atoms with E-state index in [-0.39, 0.29) is 17.5 Å². The molecule has 7 nitrogen and oxygen atoms in total. The highest BCUT2D eigenvalue weighted by atomic mass is 35.5. The number of aromatic nitrogens is 3. The lowest BCUT2D eigenvalue weighted by Gasteiger charge is -2.41. The molecule has 0 aliphatic carbocycles. The summed E-state index contributed by atoms with van der Waals surface area (Å²) < 4.78 is 13.9. The molecule has 0 bridgehead atoms. The van der Waals surface area contributed by atoms with Crippen molar-refractivity contribution in [2.75, 3.05) is 40.9 Å². The van der Waals surface area contributed by atoms with E-state index in [0.29, 0.717) is 35.8 Å². The van der Waals surface area contributed by atoms with Gasteiger partial charge in [-0.25, -0.2) is 14.4 Å². The number of rotatable bonds is 5. The minimum Gasteiger partial charge on any atom is -0.352 e. The van der Waals surface area contributed by atoms with Gasteiger partial charge in [0.15, 0.2) is 0 Å². The predicted molar refractivity (Wildman–Crippen MR) is 146 cm³/mol. The lowest BCUT2D eigenvalue weighted by Crippen LogP contribution is -2.52. The zero-order chi connectivity index (χ0) is 26.1. The smallest absolute Gasteiger partial charge is 0.228 e. The summed E-state index contributed by atoms with van der Waals surface area (Å²) >= 11 is 12.6. The molecule has 0 spiro atoms. The van der Waals surface area contributed by atoms with E-state index in [0.717, 1.165) is 48.7 Å². The van der Waals surface area contributed by atoms with Gasteiger partial charge in [-0.3, -0.25) is 0 Å². The Morgan fingerprint density at radius 1 is 1.03 bits per heavy atom. The van der Waals surface area contributed by atoms with Crippen LogP contribution in [0.3, 0.4) is 0 Å². The van der Waals surface area contributed by atoms with Crippen LogP contribution in [0.2, 0.25) is 10.0 Å². The molecule has 2 aliphatic rings. The third kappa shape index (κ3) is 5.29. The summed E-state index contributed by atoms with van der Waals surface area (Å²) in [6.45, 7) is 7.39. The normalized spacial score (nSPS) is 19.8. The van der Waals surface area contributed by atoms with Crippen molar-refractivity contribution in [2.24, 2.45) is 0 Å². The number of hydrogen-bond acceptors (Lipinski definition) is 7. The number of halogens is 3. The zero-order valence-electron chi connectivity index (χ0n) is 20.8. The van der Waals surface area contributed by atoms with Crippen LogP contribution in [-0.2, 0) is 6.42 Å². The molecule has 2 atom stereocenters. The van der Waals surface area contributed by atoms with Crippen molar-refractivity contribution in [1.29, 1.82) is 5.26 Å². The van der Waals surface area contributed by atoms with Gasteiger partial charge >= 0.3 is 0 Å². The van der Waals surface area contributed by atoms with Crippen LogP contribution >= 0.6 is 23.2 Å². The Morgan fingerprint density at radius 3 is 2.54 bits per heavy atom. The van der Waals surface area contributed by atoms with Crippen LogP contribution in [0.15, 0.2) is 36.5 Å². The molecule has 4 heterocycles. The van der Waals surface area contributed by atoms with Gasteiger partial charge in [-0.05, 0) is 56.5 Å². The van der Waals surface area contributed by atoms with Crippen molar-refractivity contribution in [3.8, 4) is 17.3 Å².